The van der Waals surface area contributed by atoms with Crippen molar-refractivity contribution < 1.29 is 14.3 Å². The number of alkyl halides is 2. The molecule has 0 spiro atoms. The molecule has 3 nitrogen and oxygen atoms in total. The molecule has 2 unspecified atom stereocenters. The largest absolute Gasteiger partial charge is 0.392 e. The molecule has 17 heavy (non-hydrogen) atoms. The number of hydrogen-bond acceptors (Lipinski definition) is 3. The van der Waals surface area contributed by atoms with E-state index in [1.165, 1.54) is 0 Å². The Morgan fingerprint density at radius 3 is 2.47 bits per heavy atom. The third-order valence-corrected chi connectivity index (χ3v) is 5.64. The Labute approximate surface area is 116 Å². The molecule has 0 amide bonds. The number of esters is 2. The third kappa shape index (κ3) is 2.31. The minimum atomic E-state index is -0.945. The van der Waals surface area contributed by atoms with Gasteiger partial charge in [0.25, 0.3) is 0 Å². The maximum atomic E-state index is 11.7. The van der Waals surface area contributed by atoms with Crippen molar-refractivity contribution in [1.29, 1.82) is 0 Å². The van der Waals surface area contributed by atoms with Crippen LogP contribution in [0.25, 0.3) is 0 Å². The Balaban J connectivity index is 2.25. The minimum Gasteiger partial charge on any atom is -0.392 e. The van der Waals surface area contributed by atoms with Gasteiger partial charge >= 0.3 is 11.9 Å². The molecule has 90 valence electrons. The van der Waals surface area contributed by atoms with Crippen molar-refractivity contribution in [3.05, 3.63) is 35.9 Å². The molecule has 1 fully saturated rings. The highest BCUT2D eigenvalue weighted by molar-refractivity contribution is 9.12. The molecular weight excluding hydrogens is 352 g/mol. The number of ether oxygens (including phenoxy) is 1. The molecule has 0 radical (unpaired) electrons. The van der Waals surface area contributed by atoms with Gasteiger partial charge < -0.3 is 4.74 Å². The van der Waals surface area contributed by atoms with Crippen LogP contribution < -0.4 is 0 Å². The van der Waals surface area contributed by atoms with E-state index in [0.29, 0.717) is 11.8 Å². The molecule has 2 rings (SSSR count). The lowest BCUT2D eigenvalue weighted by molar-refractivity contribution is -0.153. The Morgan fingerprint density at radius 2 is 1.88 bits per heavy atom. The molecule has 1 saturated heterocycles. The van der Waals surface area contributed by atoms with Gasteiger partial charge in [0.2, 0.25) is 0 Å². The number of carbonyl (C=O) groups is 2. The van der Waals surface area contributed by atoms with Gasteiger partial charge in [-0.2, -0.15) is 0 Å². The van der Waals surface area contributed by atoms with E-state index in [-0.39, 0.29) is 0 Å². The summed E-state index contributed by atoms with van der Waals surface area (Å²) in [6.07, 6.45) is 0.488. The molecule has 0 saturated carbocycles. The van der Waals surface area contributed by atoms with E-state index in [0.717, 1.165) is 5.56 Å². The summed E-state index contributed by atoms with van der Waals surface area (Å²) in [7, 11) is 0. The summed E-state index contributed by atoms with van der Waals surface area (Å²) in [6, 6.07) is 9.58. The lowest BCUT2D eigenvalue weighted by Crippen LogP contribution is -2.38. The van der Waals surface area contributed by atoms with E-state index in [4.69, 9.17) is 4.74 Å². The highest BCUT2D eigenvalue weighted by Gasteiger charge is 2.55. The molecular formula is C12H10Br2O3. The zero-order valence-corrected chi connectivity index (χ0v) is 12.0. The smallest absolute Gasteiger partial charge is 0.332 e. The summed E-state index contributed by atoms with van der Waals surface area (Å²) >= 11 is 6.59. The predicted octanol–water partition coefficient (Wildman–Crippen LogP) is 2.46. The first-order chi connectivity index (χ1) is 8.08. The van der Waals surface area contributed by atoms with Gasteiger partial charge in [-0.15, -0.1) is 0 Å². The Kier molecular flexibility index (Phi) is 3.68. The van der Waals surface area contributed by atoms with Crippen molar-refractivity contribution in [2.45, 2.75) is 10.7 Å². The van der Waals surface area contributed by atoms with E-state index in [1.807, 2.05) is 30.3 Å². The Bertz CT molecular complexity index is 446. The van der Waals surface area contributed by atoms with E-state index < -0.39 is 22.2 Å². The number of benzene rings is 1. The molecule has 1 heterocycles. The van der Waals surface area contributed by atoms with Crippen LogP contribution >= 0.6 is 31.9 Å². The zero-order chi connectivity index (χ0) is 12.5. The second-order valence-electron chi connectivity index (χ2n) is 3.95. The first kappa shape index (κ1) is 12.8. The normalized spacial score (nSPS) is 28.2. The fraction of sp³-hybridized carbons (Fsp3) is 0.333. The van der Waals surface area contributed by atoms with Gasteiger partial charge in [-0.05, 0) is 12.0 Å². The van der Waals surface area contributed by atoms with Gasteiger partial charge in [0, 0.05) is 5.33 Å². The number of carbonyl (C=O) groups excluding carboxylic acids is 2. The highest BCUT2D eigenvalue weighted by atomic mass is 79.9. The van der Waals surface area contributed by atoms with Gasteiger partial charge in [0.15, 0.2) is 0 Å². The summed E-state index contributed by atoms with van der Waals surface area (Å²) in [4.78, 5) is 23.3. The van der Waals surface area contributed by atoms with Crippen molar-refractivity contribution >= 4 is 43.8 Å². The first-order valence-corrected chi connectivity index (χ1v) is 7.04. The van der Waals surface area contributed by atoms with Crippen LogP contribution in [0, 0.1) is 5.92 Å². The van der Waals surface area contributed by atoms with Gasteiger partial charge in [0.1, 0.15) is 4.32 Å². The number of halogens is 2. The van der Waals surface area contributed by atoms with Crippen molar-refractivity contribution in [3.8, 4) is 0 Å². The summed E-state index contributed by atoms with van der Waals surface area (Å²) in [5, 5.41) is 0.349. The maximum Gasteiger partial charge on any atom is 0.332 e. The van der Waals surface area contributed by atoms with E-state index in [1.54, 1.807) is 0 Å². The third-order valence-electron chi connectivity index (χ3n) is 2.85. The lowest BCUT2D eigenvalue weighted by atomic mass is 9.90. The molecule has 5 heteroatoms. The van der Waals surface area contributed by atoms with Gasteiger partial charge in [0.05, 0.1) is 5.92 Å². The van der Waals surface area contributed by atoms with E-state index in [9.17, 15) is 9.59 Å². The van der Waals surface area contributed by atoms with Gasteiger partial charge in [-0.1, -0.05) is 62.2 Å². The molecule has 0 bridgehead atoms. The average molecular weight is 362 g/mol. The summed E-state index contributed by atoms with van der Waals surface area (Å²) in [6.45, 7) is 0. The SMILES string of the molecule is O=C1OC(=O)C(Br)(CBr)C1Cc1ccccc1. The summed E-state index contributed by atoms with van der Waals surface area (Å²) in [5.41, 5.74) is 1.01. The van der Waals surface area contributed by atoms with Gasteiger partial charge in [-0.25, -0.2) is 4.79 Å². The van der Waals surface area contributed by atoms with Crippen LogP contribution in [-0.2, 0) is 20.7 Å². The lowest BCUT2D eigenvalue weighted by Gasteiger charge is -2.20. The number of hydrogen-bond donors (Lipinski definition) is 0. The Morgan fingerprint density at radius 1 is 1.24 bits per heavy atom. The number of cyclic esters (lactones) is 2. The van der Waals surface area contributed by atoms with Crippen LogP contribution in [0.15, 0.2) is 30.3 Å². The average Bonchev–Trinajstić information content (AvgIpc) is 2.55. The van der Waals surface area contributed by atoms with Crippen molar-refractivity contribution in [2.75, 3.05) is 5.33 Å². The molecule has 1 aliphatic heterocycles. The van der Waals surface area contributed by atoms with E-state index >= 15 is 0 Å². The fourth-order valence-corrected chi connectivity index (χ4v) is 2.87. The minimum absolute atomic E-state index is 0.349. The Hall–Kier alpha value is -0.680. The molecule has 2 atom stereocenters. The van der Waals surface area contributed by atoms with Gasteiger partial charge in [-0.3, -0.25) is 4.79 Å². The quantitative estimate of drug-likeness (QED) is 0.472. The van der Waals surface area contributed by atoms with Crippen molar-refractivity contribution in [2.24, 2.45) is 5.92 Å². The predicted molar refractivity (Wildman–Crippen MR) is 70.2 cm³/mol. The van der Waals surface area contributed by atoms with Crippen molar-refractivity contribution in [1.82, 2.24) is 0 Å². The topological polar surface area (TPSA) is 43.4 Å². The second-order valence-corrected chi connectivity index (χ2v) is 5.92. The van der Waals surface area contributed by atoms with Crippen LogP contribution in [0.3, 0.4) is 0 Å². The molecule has 1 aliphatic rings. The van der Waals surface area contributed by atoms with Crippen LogP contribution in [0.1, 0.15) is 5.56 Å². The van der Waals surface area contributed by atoms with Crippen LogP contribution in [0.4, 0.5) is 0 Å². The molecule has 0 aromatic heterocycles. The molecule has 0 aliphatic carbocycles. The highest BCUT2D eigenvalue weighted by Crippen LogP contribution is 2.39. The molecule has 1 aromatic carbocycles. The maximum absolute atomic E-state index is 11.7. The summed E-state index contributed by atoms with van der Waals surface area (Å²) in [5.74, 6) is -1.47. The van der Waals surface area contributed by atoms with Crippen LogP contribution in [0.5, 0.6) is 0 Å². The number of rotatable bonds is 3. The summed E-state index contributed by atoms with van der Waals surface area (Å²) < 4.78 is 3.75. The fourth-order valence-electron chi connectivity index (χ4n) is 1.82. The van der Waals surface area contributed by atoms with Crippen LogP contribution in [-0.4, -0.2) is 21.6 Å². The second kappa shape index (κ2) is 4.90. The first-order valence-electron chi connectivity index (χ1n) is 5.13. The standard InChI is InChI=1S/C12H10Br2O3/c13-7-12(14)9(10(15)17-11(12)16)6-8-4-2-1-3-5-8/h1-5,9H,6-7H2. The van der Waals surface area contributed by atoms with Crippen molar-refractivity contribution in [3.63, 3.8) is 0 Å². The monoisotopic (exact) mass is 360 g/mol. The molecule has 0 N–H and O–H groups in total. The molecule has 1 aromatic rings. The van der Waals surface area contributed by atoms with Crippen LogP contribution in [0.2, 0.25) is 0 Å². The zero-order valence-electron chi connectivity index (χ0n) is 8.86. The van der Waals surface area contributed by atoms with E-state index in [2.05, 4.69) is 31.9 Å².